The zero-order valence-electron chi connectivity index (χ0n) is 10.1. The van der Waals surface area contributed by atoms with Gasteiger partial charge in [-0.1, -0.05) is 0 Å². The minimum absolute atomic E-state index is 0.0185. The molecule has 0 unspecified atom stereocenters. The van der Waals surface area contributed by atoms with Crippen LogP contribution in [-0.4, -0.2) is 23.7 Å². The van der Waals surface area contributed by atoms with E-state index in [1.807, 2.05) is 13.8 Å². The molecule has 0 aromatic carbocycles. The van der Waals surface area contributed by atoms with E-state index < -0.39 is 23.5 Å². The lowest BCUT2D eigenvalue weighted by molar-refractivity contribution is -0.186. The average Bonchev–Trinajstić information content (AvgIpc) is 2.15. The highest BCUT2D eigenvalue weighted by atomic mass is 19.4. The fourth-order valence-corrected chi connectivity index (χ4v) is 2.45. The van der Waals surface area contributed by atoms with Crippen molar-refractivity contribution in [1.82, 2.24) is 5.32 Å². The van der Waals surface area contributed by atoms with Gasteiger partial charge in [-0.05, 0) is 39.5 Å². The number of nitrogens with one attached hydrogen (secondary N) is 1. The van der Waals surface area contributed by atoms with Crippen LogP contribution in [0.3, 0.4) is 0 Å². The van der Waals surface area contributed by atoms with Gasteiger partial charge in [-0.2, -0.15) is 13.2 Å². The first-order valence-corrected chi connectivity index (χ1v) is 5.82. The first kappa shape index (κ1) is 14.3. The summed E-state index contributed by atoms with van der Waals surface area (Å²) in [5.41, 5.74) is 4.36. The monoisotopic (exact) mass is 252 g/mol. The first-order valence-electron chi connectivity index (χ1n) is 5.82. The summed E-state index contributed by atoms with van der Waals surface area (Å²) in [4.78, 5) is 11.4. The highest BCUT2D eigenvalue weighted by Gasteiger charge is 2.48. The number of carbonyl (C=O) groups excluding carboxylic acids is 1. The van der Waals surface area contributed by atoms with Crippen LogP contribution in [0.5, 0.6) is 0 Å². The Morgan fingerprint density at radius 3 is 2.12 bits per heavy atom. The molecule has 0 radical (unpaired) electrons. The minimum atomic E-state index is -4.17. The lowest BCUT2D eigenvalue weighted by Gasteiger charge is -2.40. The maximum Gasteiger partial charge on any atom is 0.391 e. The molecular weight excluding hydrogens is 233 g/mol. The van der Waals surface area contributed by atoms with Gasteiger partial charge in [-0.3, -0.25) is 4.79 Å². The van der Waals surface area contributed by atoms with Crippen LogP contribution < -0.4 is 11.1 Å². The number of rotatable bonds is 3. The zero-order valence-corrected chi connectivity index (χ0v) is 10.1. The van der Waals surface area contributed by atoms with Gasteiger partial charge in [0.2, 0.25) is 5.91 Å². The molecule has 3 N–H and O–H groups in total. The van der Waals surface area contributed by atoms with E-state index in [0.717, 1.165) is 0 Å². The van der Waals surface area contributed by atoms with E-state index >= 15 is 0 Å². The van der Waals surface area contributed by atoms with Crippen molar-refractivity contribution in [3.63, 3.8) is 0 Å². The number of hydrogen-bond acceptors (Lipinski definition) is 2. The van der Waals surface area contributed by atoms with Crippen LogP contribution in [-0.2, 0) is 4.79 Å². The van der Waals surface area contributed by atoms with Crippen LogP contribution in [0.15, 0.2) is 0 Å². The van der Waals surface area contributed by atoms with E-state index in [1.54, 1.807) is 0 Å². The summed E-state index contributed by atoms with van der Waals surface area (Å²) in [6.07, 6.45) is -3.92. The summed E-state index contributed by atoms with van der Waals surface area (Å²) in [5, 5.41) is 3.02. The Labute approximate surface area is 98.9 Å². The molecule has 1 amide bonds. The fraction of sp³-hybridized carbons (Fsp3) is 0.909. The van der Waals surface area contributed by atoms with Gasteiger partial charge in [0, 0.05) is 6.04 Å². The SMILES string of the molecule is CC(C)NC1(C(N)=O)CCC(C(F)(F)F)CC1. The number of hydrogen-bond donors (Lipinski definition) is 2. The molecule has 100 valence electrons. The molecule has 0 spiro atoms. The van der Waals surface area contributed by atoms with Gasteiger partial charge >= 0.3 is 6.18 Å². The van der Waals surface area contributed by atoms with Crippen LogP contribution in [0.1, 0.15) is 39.5 Å². The Morgan fingerprint density at radius 1 is 1.35 bits per heavy atom. The number of alkyl halides is 3. The molecule has 1 aliphatic rings. The quantitative estimate of drug-likeness (QED) is 0.806. The normalized spacial score (nSPS) is 30.6. The second-order valence-electron chi connectivity index (χ2n) is 5.06. The molecule has 6 heteroatoms. The second-order valence-corrected chi connectivity index (χ2v) is 5.06. The van der Waals surface area contributed by atoms with Crippen molar-refractivity contribution in [1.29, 1.82) is 0 Å². The third-order valence-corrected chi connectivity index (χ3v) is 3.34. The summed E-state index contributed by atoms with van der Waals surface area (Å²) in [6.45, 7) is 3.70. The third-order valence-electron chi connectivity index (χ3n) is 3.34. The number of nitrogens with two attached hydrogens (primary N) is 1. The summed E-state index contributed by atoms with van der Waals surface area (Å²) in [6, 6.07) is 0.0185. The Hall–Kier alpha value is -0.780. The van der Waals surface area contributed by atoms with Crippen molar-refractivity contribution in [2.45, 2.75) is 57.3 Å². The van der Waals surface area contributed by atoms with Gasteiger partial charge in [0.05, 0.1) is 11.5 Å². The van der Waals surface area contributed by atoms with E-state index in [9.17, 15) is 18.0 Å². The Balaban J connectivity index is 2.71. The Bertz CT molecular complexity index is 281. The fourth-order valence-electron chi connectivity index (χ4n) is 2.45. The maximum atomic E-state index is 12.5. The van der Waals surface area contributed by atoms with Crippen molar-refractivity contribution in [2.24, 2.45) is 11.7 Å². The molecular formula is C11H19F3N2O. The highest BCUT2D eigenvalue weighted by Crippen LogP contribution is 2.41. The molecule has 0 heterocycles. The predicted molar refractivity (Wildman–Crippen MR) is 58.2 cm³/mol. The molecule has 0 bridgehead atoms. The lowest BCUT2D eigenvalue weighted by Crippen LogP contribution is -2.59. The van der Waals surface area contributed by atoms with Crippen molar-refractivity contribution in [3.8, 4) is 0 Å². The summed E-state index contributed by atoms with van der Waals surface area (Å²) in [7, 11) is 0. The maximum absolute atomic E-state index is 12.5. The molecule has 0 aromatic heterocycles. The van der Waals surface area contributed by atoms with E-state index in [0.29, 0.717) is 0 Å². The van der Waals surface area contributed by atoms with Gasteiger partial charge < -0.3 is 11.1 Å². The topological polar surface area (TPSA) is 55.1 Å². The molecule has 3 nitrogen and oxygen atoms in total. The molecule has 1 aliphatic carbocycles. The predicted octanol–water partition coefficient (Wildman–Crippen LogP) is 1.96. The molecule has 1 rings (SSSR count). The molecule has 1 fully saturated rings. The largest absolute Gasteiger partial charge is 0.391 e. The Kier molecular flexibility index (Phi) is 4.06. The molecule has 17 heavy (non-hydrogen) atoms. The smallest absolute Gasteiger partial charge is 0.368 e. The molecule has 0 aliphatic heterocycles. The molecule has 0 saturated heterocycles. The number of carbonyl (C=O) groups is 1. The second kappa shape index (κ2) is 4.84. The summed E-state index contributed by atoms with van der Waals surface area (Å²) in [5.74, 6) is -1.85. The average molecular weight is 252 g/mol. The Morgan fingerprint density at radius 2 is 1.82 bits per heavy atom. The third kappa shape index (κ3) is 3.34. The van der Waals surface area contributed by atoms with Crippen LogP contribution in [0.25, 0.3) is 0 Å². The van der Waals surface area contributed by atoms with E-state index in [4.69, 9.17) is 5.73 Å². The van der Waals surface area contributed by atoms with Gasteiger partial charge in [0.25, 0.3) is 0 Å². The van der Waals surface area contributed by atoms with Crippen LogP contribution >= 0.6 is 0 Å². The standard InChI is InChI=1S/C11H19F3N2O/c1-7(2)16-10(9(15)17)5-3-8(4-6-10)11(12,13)14/h7-8,16H,3-6H2,1-2H3,(H2,15,17). The van der Waals surface area contributed by atoms with Crippen molar-refractivity contribution < 1.29 is 18.0 Å². The molecule has 0 aromatic rings. The van der Waals surface area contributed by atoms with Crippen LogP contribution in [0.2, 0.25) is 0 Å². The van der Waals surface area contributed by atoms with E-state index in [1.165, 1.54) is 0 Å². The molecule has 1 saturated carbocycles. The van der Waals surface area contributed by atoms with Gasteiger partial charge in [-0.15, -0.1) is 0 Å². The van der Waals surface area contributed by atoms with Gasteiger partial charge in [-0.25, -0.2) is 0 Å². The first-order chi connectivity index (χ1) is 7.67. The lowest BCUT2D eigenvalue weighted by atomic mass is 9.75. The number of amides is 1. The van der Waals surface area contributed by atoms with Crippen molar-refractivity contribution in [2.75, 3.05) is 0 Å². The summed E-state index contributed by atoms with van der Waals surface area (Å²) >= 11 is 0. The van der Waals surface area contributed by atoms with Crippen molar-refractivity contribution >= 4 is 5.91 Å². The number of primary amides is 1. The van der Waals surface area contributed by atoms with Gasteiger partial charge in [0.15, 0.2) is 0 Å². The van der Waals surface area contributed by atoms with Crippen LogP contribution in [0, 0.1) is 5.92 Å². The molecule has 0 atom stereocenters. The summed E-state index contributed by atoms with van der Waals surface area (Å²) < 4.78 is 37.6. The zero-order chi connectivity index (χ0) is 13.3. The minimum Gasteiger partial charge on any atom is -0.368 e. The highest BCUT2D eigenvalue weighted by molar-refractivity contribution is 5.84. The van der Waals surface area contributed by atoms with Gasteiger partial charge in [0.1, 0.15) is 0 Å². The van der Waals surface area contributed by atoms with Crippen molar-refractivity contribution in [3.05, 3.63) is 0 Å². The van der Waals surface area contributed by atoms with E-state index in [-0.39, 0.29) is 31.7 Å². The number of halogens is 3. The van der Waals surface area contributed by atoms with Crippen LogP contribution in [0.4, 0.5) is 13.2 Å². The van der Waals surface area contributed by atoms with E-state index in [2.05, 4.69) is 5.32 Å².